The Morgan fingerprint density at radius 3 is 2.25 bits per heavy atom. The van der Waals surface area contributed by atoms with Gasteiger partial charge in [0.1, 0.15) is 6.54 Å². The molecule has 8 nitrogen and oxygen atoms in total. The summed E-state index contributed by atoms with van der Waals surface area (Å²) in [5.74, 6) is -0.978. The molecule has 0 radical (unpaired) electrons. The van der Waals surface area contributed by atoms with Crippen LogP contribution in [0.4, 0.5) is 16.2 Å². The maximum Gasteiger partial charge on any atom is 0.325 e. The molecule has 4 rings (SSSR count). The van der Waals surface area contributed by atoms with E-state index in [1.54, 1.807) is 4.90 Å². The predicted octanol–water partition coefficient (Wildman–Crippen LogP) is 0.887. The Kier molecular flexibility index (Phi) is 5.68. The van der Waals surface area contributed by atoms with E-state index in [1.165, 1.54) is 23.4 Å². The number of amides is 2. The van der Waals surface area contributed by atoms with Gasteiger partial charge >= 0.3 is 12.0 Å². The Morgan fingerprint density at radius 2 is 1.61 bits per heavy atom. The van der Waals surface area contributed by atoms with Gasteiger partial charge in [0, 0.05) is 56.7 Å². The average Bonchev–Trinajstić information content (AvgIpc) is 3.08. The second kappa shape index (κ2) is 8.36. The molecule has 3 fully saturated rings. The summed E-state index contributed by atoms with van der Waals surface area (Å²) < 4.78 is 0. The molecule has 0 atom stereocenters. The first-order valence-electron chi connectivity index (χ1n) is 10.2. The van der Waals surface area contributed by atoms with E-state index in [-0.39, 0.29) is 12.6 Å². The number of hydrogen-bond acceptors (Lipinski definition) is 5. The van der Waals surface area contributed by atoms with Gasteiger partial charge in [-0.25, -0.2) is 4.79 Å². The fraction of sp³-hybridized carbons (Fsp3) is 0.600. The molecule has 0 bridgehead atoms. The van der Waals surface area contributed by atoms with Crippen molar-refractivity contribution in [2.24, 2.45) is 0 Å². The van der Waals surface area contributed by atoms with Crippen LogP contribution in [0.15, 0.2) is 24.3 Å². The number of benzene rings is 1. The fourth-order valence-corrected chi connectivity index (χ4v) is 4.49. The zero-order valence-corrected chi connectivity index (χ0v) is 16.2. The van der Waals surface area contributed by atoms with Gasteiger partial charge in [-0.2, -0.15) is 0 Å². The normalized spacial score (nSPS) is 22.1. The van der Waals surface area contributed by atoms with E-state index in [1.807, 2.05) is 12.1 Å². The summed E-state index contributed by atoms with van der Waals surface area (Å²) in [6.07, 6.45) is 2.49. The van der Waals surface area contributed by atoms with Crippen molar-refractivity contribution in [1.82, 2.24) is 15.1 Å². The van der Waals surface area contributed by atoms with Gasteiger partial charge in [-0.1, -0.05) is 0 Å². The Labute approximate surface area is 165 Å². The highest BCUT2D eigenvalue weighted by atomic mass is 16.4. The third kappa shape index (κ3) is 4.07. The van der Waals surface area contributed by atoms with Crippen LogP contribution in [0.2, 0.25) is 0 Å². The summed E-state index contributed by atoms with van der Waals surface area (Å²) >= 11 is 0. The molecule has 3 heterocycles. The van der Waals surface area contributed by atoms with Crippen LogP contribution in [0, 0.1) is 0 Å². The van der Waals surface area contributed by atoms with E-state index in [9.17, 15) is 9.59 Å². The molecule has 1 aromatic rings. The smallest absolute Gasteiger partial charge is 0.325 e. The molecule has 28 heavy (non-hydrogen) atoms. The van der Waals surface area contributed by atoms with Gasteiger partial charge in [0.25, 0.3) is 0 Å². The minimum Gasteiger partial charge on any atom is -0.480 e. The monoisotopic (exact) mass is 387 g/mol. The molecule has 1 aromatic carbocycles. The van der Waals surface area contributed by atoms with Gasteiger partial charge < -0.3 is 20.2 Å². The third-order valence-corrected chi connectivity index (χ3v) is 6.09. The van der Waals surface area contributed by atoms with Crippen LogP contribution in [-0.4, -0.2) is 91.9 Å². The van der Waals surface area contributed by atoms with E-state index in [2.05, 4.69) is 27.2 Å². The van der Waals surface area contributed by atoms with Gasteiger partial charge in [-0.05, 0) is 50.2 Å². The molecule has 0 saturated carbocycles. The first-order valence-corrected chi connectivity index (χ1v) is 10.2. The number of aliphatic carboxylic acids is 1. The van der Waals surface area contributed by atoms with Crippen molar-refractivity contribution < 1.29 is 14.7 Å². The van der Waals surface area contributed by atoms with Gasteiger partial charge in [-0.15, -0.1) is 0 Å². The quantitative estimate of drug-likeness (QED) is 0.781. The van der Waals surface area contributed by atoms with Crippen molar-refractivity contribution >= 4 is 23.4 Å². The Hall–Kier alpha value is -2.32. The number of piperidine rings is 1. The number of anilines is 2. The number of hydrogen-bond donors (Lipinski definition) is 2. The molecule has 0 aliphatic carbocycles. The molecule has 0 aromatic heterocycles. The number of rotatable bonds is 5. The highest BCUT2D eigenvalue weighted by Crippen LogP contribution is 2.25. The Balaban J connectivity index is 1.33. The Morgan fingerprint density at radius 1 is 0.964 bits per heavy atom. The molecular formula is C20H29N5O3. The Bertz CT molecular complexity index is 696. The van der Waals surface area contributed by atoms with Gasteiger partial charge in [-0.3, -0.25) is 14.6 Å². The first-order chi connectivity index (χ1) is 13.6. The summed E-state index contributed by atoms with van der Waals surface area (Å²) in [6, 6.07) is 8.57. The lowest BCUT2D eigenvalue weighted by atomic mass is 10.0. The number of urea groups is 1. The molecule has 2 amide bonds. The molecule has 152 valence electrons. The maximum atomic E-state index is 12.4. The molecule has 3 aliphatic rings. The fourth-order valence-electron chi connectivity index (χ4n) is 4.49. The number of carboxylic acid groups (broad SMARTS) is 1. The second-order valence-electron chi connectivity index (χ2n) is 7.77. The number of carbonyl (C=O) groups is 2. The van der Waals surface area contributed by atoms with Crippen molar-refractivity contribution in [1.29, 1.82) is 0 Å². The summed E-state index contributed by atoms with van der Waals surface area (Å²) in [5.41, 5.74) is 2.01. The molecule has 8 heteroatoms. The van der Waals surface area contributed by atoms with Crippen LogP contribution in [0.25, 0.3) is 0 Å². The van der Waals surface area contributed by atoms with Gasteiger partial charge in [0.15, 0.2) is 0 Å². The minimum atomic E-state index is -0.978. The van der Waals surface area contributed by atoms with Crippen LogP contribution in [0.5, 0.6) is 0 Å². The highest BCUT2D eigenvalue weighted by Gasteiger charge is 2.31. The van der Waals surface area contributed by atoms with Crippen LogP contribution < -0.4 is 15.1 Å². The molecule has 2 N–H and O–H groups in total. The number of nitrogens with one attached hydrogen (secondary N) is 1. The topological polar surface area (TPSA) is 79.4 Å². The van der Waals surface area contributed by atoms with E-state index in [4.69, 9.17) is 5.11 Å². The van der Waals surface area contributed by atoms with Crippen LogP contribution >= 0.6 is 0 Å². The van der Waals surface area contributed by atoms with E-state index >= 15 is 0 Å². The standard InChI is InChI=1S/C20H29N5O3/c26-19(27)15-24-13-14-25(20(24)28)18-3-1-16(2-4-18)22-9-11-23(12-10-22)17-5-7-21-8-6-17/h1-4,17,21H,5-15H2,(H,26,27). The zero-order chi connectivity index (χ0) is 19.5. The lowest BCUT2D eigenvalue weighted by Gasteiger charge is -2.41. The van der Waals surface area contributed by atoms with Crippen molar-refractivity contribution in [2.45, 2.75) is 18.9 Å². The van der Waals surface area contributed by atoms with Crippen LogP contribution in [-0.2, 0) is 4.79 Å². The van der Waals surface area contributed by atoms with Gasteiger partial charge in [0.2, 0.25) is 0 Å². The predicted molar refractivity (Wildman–Crippen MR) is 108 cm³/mol. The molecular weight excluding hydrogens is 358 g/mol. The van der Waals surface area contributed by atoms with Crippen LogP contribution in [0.3, 0.4) is 0 Å². The SMILES string of the molecule is O=C(O)CN1CCN(c2ccc(N3CCN(C4CCNCC4)CC3)cc2)C1=O. The highest BCUT2D eigenvalue weighted by molar-refractivity contribution is 5.95. The van der Waals surface area contributed by atoms with Crippen LogP contribution in [0.1, 0.15) is 12.8 Å². The number of piperazine rings is 1. The third-order valence-electron chi connectivity index (χ3n) is 6.09. The number of nitrogens with zero attached hydrogens (tertiary/aromatic N) is 4. The average molecular weight is 387 g/mol. The van der Waals surface area contributed by atoms with E-state index in [0.29, 0.717) is 13.1 Å². The maximum absolute atomic E-state index is 12.4. The number of carbonyl (C=O) groups excluding carboxylic acids is 1. The first kappa shape index (κ1) is 19.0. The zero-order valence-electron chi connectivity index (χ0n) is 16.2. The lowest BCUT2D eigenvalue weighted by molar-refractivity contribution is -0.137. The molecule has 3 saturated heterocycles. The molecule has 3 aliphatic heterocycles. The molecule has 0 unspecified atom stereocenters. The summed E-state index contributed by atoms with van der Waals surface area (Å²) in [6.45, 7) is 7.25. The van der Waals surface area contributed by atoms with Crippen molar-refractivity contribution in [2.75, 3.05) is 68.7 Å². The largest absolute Gasteiger partial charge is 0.480 e. The van der Waals surface area contributed by atoms with Gasteiger partial charge in [0.05, 0.1) is 0 Å². The lowest BCUT2D eigenvalue weighted by Crippen LogP contribution is -2.52. The molecule has 0 spiro atoms. The van der Waals surface area contributed by atoms with Crippen molar-refractivity contribution in [3.8, 4) is 0 Å². The van der Waals surface area contributed by atoms with Crippen molar-refractivity contribution in [3.63, 3.8) is 0 Å². The second-order valence-corrected chi connectivity index (χ2v) is 7.77. The number of carboxylic acids is 1. The van der Waals surface area contributed by atoms with Crippen molar-refractivity contribution in [3.05, 3.63) is 24.3 Å². The van der Waals surface area contributed by atoms with E-state index < -0.39 is 5.97 Å². The van der Waals surface area contributed by atoms with E-state index in [0.717, 1.165) is 51.0 Å². The minimum absolute atomic E-state index is 0.231. The summed E-state index contributed by atoms with van der Waals surface area (Å²) in [4.78, 5) is 31.3. The summed E-state index contributed by atoms with van der Waals surface area (Å²) in [5, 5.41) is 12.3. The summed E-state index contributed by atoms with van der Waals surface area (Å²) in [7, 11) is 0.